The van der Waals surface area contributed by atoms with Gasteiger partial charge in [-0.3, -0.25) is 48.1 Å². The van der Waals surface area contributed by atoms with Gasteiger partial charge in [0.1, 0.15) is 36.0 Å². The van der Waals surface area contributed by atoms with E-state index in [2.05, 4.69) is 31.6 Å². The van der Waals surface area contributed by atoms with Crippen LogP contribution in [0, 0.1) is 0 Å². The van der Waals surface area contributed by atoms with E-state index < -0.39 is 96.4 Å². The number of nitrogens with zero attached hydrogens (tertiary/aromatic N) is 2. The Morgan fingerprint density at radius 1 is 0.704 bits per heavy atom. The molecule has 0 bridgehead atoms. The number of hydrogen-bond acceptors (Lipinski definition) is 11. The molecule has 0 saturated carbocycles. The van der Waals surface area contributed by atoms with Gasteiger partial charge in [0.05, 0.1) is 13.0 Å². The van der Waals surface area contributed by atoms with E-state index in [1.165, 1.54) is 23.9 Å². The molecule has 19 nitrogen and oxygen atoms in total. The van der Waals surface area contributed by atoms with E-state index in [1.54, 1.807) is 23.2 Å². The number of phenols is 1. The van der Waals surface area contributed by atoms with Crippen molar-refractivity contribution in [3.63, 3.8) is 0 Å². The first-order valence-electron chi connectivity index (χ1n) is 24.8. The van der Waals surface area contributed by atoms with Crippen LogP contribution >= 0.6 is 11.8 Å². The highest BCUT2D eigenvalue weighted by molar-refractivity contribution is 7.98. The molecule has 1 aliphatic rings. The lowest BCUT2D eigenvalue weighted by Gasteiger charge is -2.29. The maximum atomic E-state index is 14.4. The number of carbonyl (C=O) groups is 9. The molecule has 1 aliphatic heterocycles. The van der Waals surface area contributed by atoms with Gasteiger partial charge in [-0.2, -0.15) is 11.8 Å². The Bertz CT molecular complexity index is 2260. The number of nitrogens with one attached hydrogen (secondary N) is 6. The van der Waals surface area contributed by atoms with Crippen LogP contribution in [0.1, 0.15) is 115 Å². The molecule has 0 unspecified atom stereocenters. The van der Waals surface area contributed by atoms with E-state index in [-0.39, 0.29) is 44.3 Å². The number of aromatic nitrogens is 1. The number of hydrogen-bond donors (Lipinski definition) is 8. The summed E-state index contributed by atoms with van der Waals surface area (Å²) in [5, 5.41) is 33.8. The number of H-pyrrole nitrogens is 1. The summed E-state index contributed by atoms with van der Waals surface area (Å²) in [7, 11) is 0. The summed E-state index contributed by atoms with van der Waals surface area (Å²) < 4.78 is 0. The van der Waals surface area contributed by atoms with E-state index in [0.29, 0.717) is 55.7 Å². The van der Waals surface area contributed by atoms with Gasteiger partial charge in [-0.1, -0.05) is 89.6 Å². The van der Waals surface area contributed by atoms with Crippen LogP contribution in [0.4, 0.5) is 0 Å². The van der Waals surface area contributed by atoms with Gasteiger partial charge in [-0.05, 0) is 67.0 Å². The molecule has 20 heteroatoms. The number of para-hydroxylation sites is 1. The fraction of sp³-hybridized carbons (Fsp3) is 0.549. The molecule has 3 aromatic rings. The first-order valence-corrected chi connectivity index (χ1v) is 26.1. The van der Waals surface area contributed by atoms with Gasteiger partial charge >= 0.3 is 5.97 Å². The van der Waals surface area contributed by atoms with Crippen LogP contribution in [0.2, 0.25) is 0 Å². The first kappa shape index (κ1) is 57.1. The molecular weight excluding hydrogens is 933 g/mol. The minimum Gasteiger partial charge on any atom is -0.508 e. The Kier molecular flexibility index (Phi) is 23.9. The quantitative estimate of drug-likeness (QED) is 0.0327. The van der Waals surface area contributed by atoms with Crippen molar-refractivity contribution in [2.24, 2.45) is 0 Å². The number of benzene rings is 2. The molecule has 0 spiro atoms. The molecule has 8 N–H and O–H groups in total. The molecule has 0 radical (unpaired) electrons. The summed E-state index contributed by atoms with van der Waals surface area (Å²) in [4.78, 5) is 127. The second kappa shape index (κ2) is 29.7. The van der Waals surface area contributed by atoms with Crippen molar-refractivity contribution in [2.45, 2.75) is 147 Å². The Morgan fingerprint density at radius 2 is 1.30 bits per heavy atom. The van der Waals surface area contributed by atoms with Gasteiger partial charge in [-0.15, -0.1) is 0 Å². The van der Waals surface area contributed by atoms with Crippen molar-refractivity contribution in [2.75, 3.05) is 31.6 Å². The number of amides is 8. The number of thioether (sulfide) groups is 1. The molecule has 0 aliphatic carbocycles. The van der Waals surface area contributed by atoms with Gasteiger partial charge in [0.2, 0.25) is 47.3 Å². The number of rotatable bonds is 32. The van der Waals surface area contributed by atoms with Gasteiger partial charge in [0.25, 0.3) is 0 Å². The molecular formula is C51H72N8O11S. The Labute approximate surface area is 419 Å². The number of phenolic OH excluding ortho intramolecular Hbond substituents is 1. The summed E-state index contributed by atoms with van der Waals surface area (Å²) in [5.41, 5.74) is 1.99. The monoisotopic (exact) mass is 1000 g/mol. The van der Waals surface area contributed by atoms with Gasteiger partial charge in [0.15, 0.2) is 0 Å². The number of imide groups is 1. The fourth-order valence-electron chi connectivity index (χ4n) is 8.39. The summed E-state index contributed by atoms with van der Waals surface area (Å²) in [6.45, 7) is 6.15. The van der Waals surface area contributed by atoms with Crippen LogP contribution in [-0.4, -0.2) is 140 Å². The van der Waals surface area contributed by atoms with Gasteiger partial charge in [0, 0.05) is 55.9 Å². The SMILES string of the molecule is CCCCCN(CCCCC)C(=O)[C@H](CC(=O)O)NC(=O)[C@H](CCSC)NC(=O)[C@H](Cc1c[nH]c2ccccc12)NC(=O)CNC(=O)[C@H](CCCC)NC(=O)[C@H](Cc1ccc(O)cc1)N1C(=O)CCC1=O. The van der Waals surface area contributed by atoms with Gasteiger partial charge in [-0.25, -0.2) is 0 Å². The highest BCUT2D eigenvalue weighted by Crippen LogP contribution is 2.22. The Morgan fingerprint density at radius 3 is 1.92 bits per heavy atom. The lowest BCUT2D eigenvalue weighted by molar-refractivity contribution is -0.147. The third kappa shape index (κ3) is 18.0. The molecule has 1 aromatic heterocycles. The molecule has 5 atom stereocenters. The number of carboxylic acid groups (broad SMARTS) is 1. The van der Waals surface area contributed by atoms with E-state index in [4.69, 9.17) is 0 Å². The number of fused-ring (bicyclic) bond motifs is 1. The largest absolute Gasteiger partial charge is 0.508 e. The highest BCUT2D eigenvalue weighted by atomic mass is 32.2. The first-order chi connectivity index (χ1) is 34.1. The summed E-state index contributed by atoms with van der Waals surface area (Å²) in [5.74, 6) is -6.25. The fourth-order valence-corrected chi connectivity index (χ4v) is 8.86. The average Bonchev–Trinajstić information content (AvgIpc) is 3.92. The van der Waals surface area contributed by atoms with Crippen LogP contribution in [0.25, 0.3) is 10.9 Å². The van der Waals surface area contributed by atoms with Crippen molar-refractivity contribution < 1.29 is 53.4 Å². The van der Waals surface area contributed by atoms with Crippen LogP contribution in [-0.2, 0) is 56.0 Å². The minimum absolute atomic E-state index is 0.0128. The zero-order chi connectivity index (χ0) is 51.9. The summed E-state index contributed by atoms with van der Waals surface area (Å²) >= 11 is 1.41. The van der Waals surface area contributed by atoms with Crippen LogP contribution in [0.5, 0.6) is 5.75 Å². The van der Waals surface area contributed by atoms with E-state index in [0.717, 1.165) is 41.5 Å². The number of carbonyl (C=O) groups excluding carboxylic acids is 8. The van der Waals surface area contributed by atoms with Crippen molar-refractivity contribution in [3.05, 3.63) is 65.9 Å². The number of aromatic hydroxyl groups is 1. The van der Waals surface area contributed by atoms with Crippen molar-refractivity contribution in [1.82, 2.24) is 41.4 Å². The lowest BCUT2D eigenvalue weighted by atomic mass is 10.0. The third-order valence-electron chi connectivity index (χ3n) is 12.3. The third-order valence-corrected chi connectivity index (χ3v) is 13.0. The zero-order valence-corrected chi connectivity index (χ0v) is 42.2. The molecule has 8 amide bonds. The molecule has 388 valence electrons. The maximum Gasteiger partial charge on any atom is 0.305 e. The van der Waals surface area contributed by atoms with E-state index in [1.807, 2.05) is 51.3 Å². The molecule has 2 heterocycles. The molecule has 2 aromatic carbocycles. The topological polar surface area (TPSA) is 277 Å². The second-order valence-electron chi connectivity index (χ2n) is 17.9. The average molecular weight is 1010 g/mol. The van der Waals surface area contributed by atoms with Crippen molar-refractivity contribution in [3.8, 4) is 5.75 Å². The van der Waals surface area contributed by atoms with Gasteiger partial charge < -0.3 is 46.7 Å². The maximum absolute atomic E-state index is 14.4. The standard InChI is InChI=1S/C51H72N8O11S/c1-5-8-13-25-58(26-14-9-6-2)51(70)41(30-46(64)65)57-48(67)39(24-27-71-4)55-49(68)40(29-34-31-52-37-17-12-11-15-36(34)37)54-43(61)32-53-47(66)38(16-10-7-3)56-50(69)42(59-44(62)22-23-45(59)63)28-33-18-20-35(60)21-19-33/h11-12,15,17-21,31,38-42,52,60H,5-10,13-14,16,22-30,32H2,1-4H3,(H,53,66)(H,54,61)(H,55,68)(H,56,69)(H,57,67)(H,64,65)/t38-,39-,40-,41-,42-/m0/s1. The number of carboxylic acids is 1. The molecule has 4 rings (SSSR count). The second-order valence-corrected chi connectivity index (χ2v) is 18.9. The van der Waals surface area contributed by atoms with Crippen molar-refractivity contribution >= 4 is 75.9 Å². The molecule has 1 saturated heterocycles. The van der Waals surface area contributed by atoms with E-state index >= 15 is 0 Å². The number of unbranched alkanes of at least 4 members (excludes halogenated alkanes) is 5. The number of likely N-dealkylation sites (tertiary alicyclic amines) is 1. The lowest BCUT2D eigenvalue weighted by Crippen LogP contribution is -2.58. The van der Waals surface area contributed by atoms with Crippen molar-refractivity contribution in [1.29, 1.82) is 0 Å². The van der Waals surface area contributed by atoms with Crippen LogP contribution in [0.15, 0.2) is 54.7 Å². The highest BCUT2D eigenvalue weighted by Gasteiger charge is 2.40. The Hall–Kier alpha value is -6.44. The number of aromatic amines is 1. The summed E-state index contributed by atoms with van der Waals surface area (Å²) in [6.07, 6.45) is 8.98. The van der Waals surface area contributed by atoms with Crippen LogP contribution in [0.3, 0.4) is 0 Å². The Balaban J connectivity index is 1.54. The van der Waals surface area contributed by atoms with E-state index in [9.17, 15) is 53.4 Å². The number of aliphatic carboxylic acids is 1. The summed E-state index contributed by atoms with van der Waals surface area (Å²) in [6, 6.07) is 6.88. The zero-order valence-electron chi connectivity index (χ0n) is 41.4. The predicted molar refractivity (Wildman–Crippen MR) is 270 cm³/mol. The minimum atomic E-state index is -1.40. The predicted octanol–water partition coefficient (Wildman–Crippen LogP) is 3.86. The smallest absolute Gasteiger partial charge is 0.305 e. The molecule has 1 fully saturated rings. The normalized spacial score (nSPS) is 14.5. The molecule has 71 heavy (non-hydrogen) atoms. The van der Waals surface area contributed by atoms with Crippen LogP contribution < -0.4 is 26.6 Å².